The van der Waals surface area contributed by atoms with Crippen LogP contribution in [0, 0.1) is 0 Å². The van der Waals surface area contributed by atoms with Gasteiger partial charge in [0.05, 0.1) is 24.3 Å². The van der Waals surface area contributed by atoms with E-state index in [2.05, 4.69) is 20.6 Å². The highest BCUT2D eigenvalue weighted by molar-refractivity contribution is 6.02. The van der Waals surface area contributed by atoms with E-state index in [0.29, 0.717) is 28.5 Å². The molecule has 2 heterocycles. The van der Waals surface area contributed by atoms with Crippen molar-refractivity contribution in [3.63, 3.8) is 0 Å². The Morgan fingerprint density at radius 1 is 0.938 bits per heavy atom. The summed E-state index contributed by atoms with van der Waals surface area (Å²) in [7, 11) is 0. The lowest BCUT2D eigenvalue weighted by Gasteiger charge is -2.09. The van der Waals surface area contributed by atoms with Crippen LogP contribution in [-0.2, 0) is 4.79 Å². The van der Waals surface area contributed by atoms with Crippen molar-refractivity contribution in [2.45, 2.75) is 0 Å². The van der Waals surface area contributed by atoms with Crippen LogP contribution in [0.5, 0.6) is 11.5 Å². The first-order valence-electron chi connectivity index (χ1n) is 9.56. The van der Waals surface area contributed by atoms with Crippen molar-refractivity contribution < 1.29 is 23.8 Å². The van der Waals surface area contributed by atoms with Crippen molar-refractivity contribution in [3.05, 3.63) is 85.1 Å². The minimum atomic E-state index is -0.399. The molecule has 0 saturated carbocycles. The second-order valence-corrected chi connectivity index (χ2v) is 6.64. The molecule has 2 aromatic heterocycles. The maximum absolute atomic E-state index is 12.2. The minimum Gasteiger partial charge on any atom is -0.508 e. The highest BCUT2D eigenvalue weighted by Crippen LogP contribution is 2.21. The summed E-state index contributed by atoms with van der Waals surface area (Å²) in [5.41, 5.74) is 1.56. The van der Waals surface area contributed by atoms with E-state index < -0.39 is 5.91 Å². The number of nitrogens with zero attached hydrogens (tertiary/aromatic N) is 2. The monoisotopic (exact) mass is 430 g/mol. The number of carbonyl (C=O) groups excluding carboxylic acids is 2. The van der Waals surface area contributed by atoms with Gasteiger partial charge in [0.1, 0.15) is 11.5 Å². The van der Waals surface area contributed by atoms with Crippen LogP contribution in [-0.4, -0.2) is 33.5 Å². The average Bonchev–Trinajstić information content (AvgIpc) is 3.34. The third kappa shape index (κ3) is 5.28. The minimum absolute atomic E-state index is 0.116. The normalized spacial score (nSPS) is 10.4. The molecular weight excluding hydrogens is 412 g/mol. The number of aromatic hydroxyl groups is 1. The van der Waals surface area contributed by atoms with Crippen LogP contribution >= 0.6 is 0 Å². The molecular formula is C23H18N4O5. The van der Waals surface area contributed by atoms with Crippen LogP contribution in [0.1, 0.15) is 10.6 Å². The largest absolute Gasteiger partial charge is 0.508 e. The van der Waals surface area contributed by atoms with Crippen LogP contribution in [0.3, 0.4) is 0 Å². The predicted octanol–water partition coefficient (Wildman–Crippen LogP) is 3.71. The molecule has 0 spiro atoms. The predicted molar refractivity (Wildman–Crippen MR) is 116 cm³/mol. The lowest BCUT2D eigenvalue weighted by molar-refractivity contribution is -0.118. The van der Waals surface area contributed by atoms with Crippen molar-refractivity contribution in [2.75, 3.05) is 17.2 Å². The molecule has 0 aliphatic heterocycles. The van der Waals surface area contributed by atoms with Gasteiger partial charge in [0.25, 0.3) is 11.8 Å². The van der Waals surface area contributed by atoms with Crippen LogP contribution in [0.4, 0.5) is 11.4 Å². The molecule has 4 rings (SSSR count). The van der Waals surface area contributed by atoms with E-state index in [1.165, 1.54) is 18.7 Å². The smallest absolute Gasteiger partial charge is 0.291 e. The first kappa shape index (κ1) is 20.6. The van der Waals surface area contributed by atoms with Gasteiger partial charge < -0.3 is 24.9 Å². The van der Waals surface area contributed by atoms with Crippen LogP contribution in [0.15, 0.2) is 83.7 Å². The highest BCUT2D eigenvalue weighted by Gasteiger charge is 2.10. The van der Waals surface area contributed by atoms with Gasteiger partial charge in [0.15, 0.2) is 18.2 Å². The first-order valence-corrected chi connectivity index (χ1v) is 9.56. The van der Waals surface area contributed by atoms with Crippen molar-refractivity contribution in [3.8, 4) is 22.9 Å². The second kappa shape index (κ2) is 9.43. The quantitative estimate of drug-likeness (QED) is 0.408. The Morgan fingerprint density at radius 3 is 2.50 bits per heavy atom. The first-order chi connectivity index (χ1) is 15.6. The molecule has 9 heteroatoms. The van der Waals surface area contributed by atoms with Gasteiger partial charge in [-0.05, 0) is 36.4 Å². The number of phenols is 1. The van der Waals surface area contributed by atoms with E-state index in [1.54, 1.807) is 60.7 Å². The van der Waals surface area contributed by atoms with Gasteiger partial charge in [0.2, 0.25) is 0 Å². The highest BCUT2D eigenvalue weighted by atomic mass is 16.5. The number of benzene rings is 2. The van der Waals surface area contributed by atoms with Gasteiger partial charge in [-0.1, -0.05) is 18.2 Å². The second-order valence-electron chi connectivity index (χ2n) is 6.64. The molecule has 0 aliphatic rings. The topological polar surface area (TPSA) is 127 Å². The molecule has 2 aromatic carbocycles. The number of furan rings is 1. The SMILES string of the molecule is O=C(COc1cccc(NC(=O)c2ccco2)c1)Nc1cnc(-c2cccc(O)c2)nc1. The van der Waals surface area contributed by atoms with Gasteiger partial charge in [0, 0.05) is 17.3 Å². The number of rotatable bonds is 7. The Labute approximate surface area is 182 Å². The molecule has 0 bridgehead atoms. The fourth-order valence-corrected chi connectivity index (χ4v) is 2.80. The Balaban J connectivity index is 1.31. The zero-order valence-electron chi connectivity index (χ0n) is 16.7. The van der Waals surface area contributed by atoms with E-state index in [9.17, 15) is 14.7 Å². The molecule has 2 amide bonds. The lowest BCUT2D eigenvalue weighted by Crippen LogP contribution is -2.20. The maximum atomic E-state index is 12.2. The fraction of sp³-hybridized carbons (Fsp3) is 0.0435. The van der Waals surface area contributed by atoms with Crippen molar-refractivity contribution in [1.29, 1.82) is 0 Å². The zero-order valence-corrected chi connectivity index (χ0v) is 16.7. The molecule has 3 N–H and O–H groups in total. The van der Waals surface area contributed by atoms with Gasteiger partial charge in [-0.3, -0.25) is 9.59 Å². The summed E-state index contributed by atoms with van der Waals surface area (Å²) in [6.07, 6.45) is 4.35. The molecule has 160 valence electrons. The van der Waals surface area contributed by atoms with E-state index in [1.807, 2.05) is 0 Å². The van der Waals surface area contributed by atoms with E-state index in [4.69, 9.17) is 9.15 Å². The van der Waals surface area contributed by atoms with Crippen molar-refractivity contribution >= 4 is 23.2 Å². The molecule has 0 saturated heterocycles. The van der Waals surface area contributed by atoms with Crippen molar-refractivity contribution in [2.24, 2.45) is 0 Å². The summed E-state index contributed by atoms with van der Waals surface area (Å²) in [6, 6.07) is 16.4. The number of hydrogen-bond donors (Lipinski definition) is 3. The number of aromatic nitrogens is 2. The summed E-state index contributed by atoms with van der Waals surface area (Å²) in [5.74, 6) is 0.345. The number of anilines is 2. The average molecular weight is 430 g/mol. The van der Waals surface area contributed by atoms with E-state index in [-0.39, 0.29) is 24.0 Å². The number of nitrogens with one attached hydrogen (secondary N) is 2. The summed E-state index contributed by atoms with van der Waals surface area (Å²) in [6.45, 7) is -0.246. The van der Waals surface area contributed by atoms with E-state index >= 15 is 0 Å². The van der Waals surface area contributed by atoms with Crippen molar-refractivity contribution in [1.82, 2.24) is 9.97 Å². The summed E-state index contributed by atoms with van der Waals surface area (Å²) >= 11 is 0. The van der Waals surface area contributed by atoms with E-state index in [0.717, 1.165) is 0 Å². The molecule has 32 heavy (non-hydrogen) atoms. The molecule has 0 unspecified atom stereocenters. The van der Waals surface area contributed by atoms with Crippen LogP contribution in [0.25, 0.3) is 11.4 Å². The van der Waals surface area contributed by atoms with Gasteiger partial charge in [-0.15, -0.1) is 0 Å². The molecule has 4 aromatic rings. The molecule has 0 aliphatic carbocycles. The number of carbonyl (C=O) groups is 2. The summed E-state index contributed by atoms with van der Waals surface area (Å²) < 4.78 is 10.6. The lowest BCUT2D eigenvalue weighted by atomic mass is 10.2. The standard InChI is InChI=1S/C23H18N4O5/c28-18-6-1-4-15(10-18)22-24-12-17(13-25-22)26-21(29)14-32-19-7-2-5-16(11-19)27-23(30)20-8-3-9-31-20/h1-13,28H,14H2,(H,26,29)(H,27,30). The number of ether oxygens (including phenoxy) is 1. The third-order valence-electron chi connectivity index (χ3n) is 4.25. The van der Waals surface area contributed by atoms with Gasteiger partial charge >= 0.3 is 0 Å². The molecule has 0 radical (unpaired) electrons. The summed E-state index contributed by atoms with van der Waals surface area (Å²) in [4.78, 5) is 32.6. The number of amides is 2. The van der Waals surface area contributed by atoms with Gasteiger partial charge in [-0.2, -0.15) is 0 Å². The Hall–Kier alpha value is -4.66. The molecule has 0 fully saturated rings. The maximum Gasteiger partial charge on any atom is 0.291 e. The van der Waals surface area contributed by atoms with Crippen LogP contribution < -0.4 is 15.4 Å². The Morgan fingerprint density at radius 2 is 1.75 bits per heavy atom. The fourth-order valence-electron chi connectivity index (χ4n) is 2.80. The summed E-state index contributed by atoms with van der Waals surface area (Å²) in [5, 5.41) is 14.9. The number of phenolic OH excluding ortho intramolecular Hbond substituents is 1. The number of hydrogen-bond acceptors (Lipinski definition) is 7. The molecule has 9 nitrogen and oxygen atoms in total. The Bertz CT molecular complexity index is 1220. The third-order valence-corrected chi connectivity index (χ3v) is 4.25. The molecule has 0 atom stereocenters. The van der Waals surface area contributed by atoms with Gasteiger partial charge in [-0.25, -0.2) is 9.97 Å². The zero-order chi connectivity index (χ0) is 22.3. The Kier molecular flexibility index (Phi) is 6.08. The van der Waals surface area contributed by atoms with Crippen LogP contribution in [0.2, 0.25) is 0 Å².